The number of benzene rings is 1. The van der Waals surface area contributed by atoms with E-state index in [1.165, 1.54) is 18.4 Å². The second-order valence-electron chi connectivity index (χ2n) is 6.74. The molecule has 0 fully saturated rings. The summed E-state index contributed by atoms with van der Waals surface area (Å²) < 4.78 is 5.73. The van der Waals surface area contributed by atoms with Crippen molar-refractivity contribution in [1.29, 1.82) is 0 Å². The van der Waals surface area contributed by atoms with Gasteiger partial charge >= 0.3 is 11.2 Å². The Bertz CT molecular complexity index is 918. The molecule has 0 spiro atoms. The fourth-order valence-electron chi connectivity index (χ4n) is 3.08. The van der Waals surface area contributed by atoms with E-state index in [1.54, 1.807) is 16.5 Å². The van der Waals surface area contributed by atoms with E-state index in [0.717, 1.165) is 26.7 Å². The highest BCUT2D eigenvalue weighted by Crippen LogP contribution is 2.23. The van der Waals surface area contributed by atoms with Gasteiger partial charge in [0.1, 0.15) is 4.88 Å². The van der Waals surface area contributed by atoms with E-state index in [1.807, 2.05) is 41.5 Å². The predicted molar refractivity (Wildman–Crippen MR) is 123 cm³/mol. The molecule has 1 aliphatic heterocycles. The number of hydrogen-bond acceptors (Lipinski definition) is 7. The van der Waals surface area contributed by atoms with Crippen LogP contribution in [0.1, 0.15) is 26.5 Å². The van der Waals surface area contributed by atoms with Crippen LogP contribution in [0.3, 0.4) is 0 Å². The number of methoxy groups -OCH3 is 1. The number of thioether (sulfide) groups is 1. The first-order valence-corrected chi connectivity index (χ1v) is 12.0. The number of aliphatic hydroxyl groups excluding tert-OH is 1. The van der Waals surface area contributed by atoms with Crippen molar-refractivity contribution < 1.29 is 19.4 Å². The molecule has 160 valence electrons. The molecule has 30 heavy (non-hydrogen) atoms. The van der Waals surface area contributed by atoms with Crippen molar-refractivity contribution in [3.05, 3.63) is 67.8 Å². The number of halogens is 1. The maximum absolute atomic E-state index is 12.4. The van der Waals surface area contributed by atoms with Crippen LogP contribution in [0.5, 0.6) is 0 Å². The number of hydrogen-bond donors (Lipinski definition) is 1. The molecule has 2 heterocycles. The molecule has 1 N–H and O–H groups in total. The second kappa shape index (κ2) is 11.0. The lowest BCUT2D eigenvalue weighted by Gasteiger charge is -2.36. The van der Waals surface area contributed by atoms with Crippen LogP contribution >= 0.6 is 39.0 Å². The van der Waals surface area contributed by atoms with Gasteiger partial charge in [-0.2, -0.15) is 0 Å². The maximum Gasteiger partial charge on any atom is 0.348 e. The van der Waals surface area contributed by atoms with Crippen molar-refractivity contribution in [3.63, 3.8) is 0 Å². The molecule has 0 radical (unpaired) electrons. The number of thiophene rings is 1. The third kappa shape index (κ3) is 6.34. The molecule has 0 aliphatic carbocycles. The summed E-state index contributed by atoms with van der Waals surface area (Å²) in [5.74, 6) is -0.347. The minimum absolute atomic E-state index is 0.0521. The van der Waals surface area contributed by atoms with Gasteiger partial charge in [0, 0.05) is 35.1 Å². The van der Waals surface area contributed by atoms with E-state index in [-0.39, 0.29) is 11.2 Å². The highest BCUT2D eigenvalue weighted by Gasteiger charge is 2.23. The van der Waals surface area contributed by atoms with Gasteiger partial charge in [-0.3, -0.25) is 9.80 Å². The van der Waals surface area contributed by atoms with Gasteiger partial charge in [0.05, 0.1) is 13.2 Å². The summed E-state index contributed by atoms with van der Waals surface area (Å²) in [5.41, 5.74) is 1.06. The molecule has 1 atom stereocenters. The van der Waals surface area contributed by atoms with Gasteiger partial charge in [-0.1, -0.05) is 28.1 Å². The van der Waals surface area contributed by atoms with Gasteiger partial charge in [0.25, 0.3) is 0 Å². The molecule has 1 aromatic carbocycles. The molecule has 1 amide bonds. The van der Waals surface area contributed by atoms with Crippen LogP contribution in [-0.4, -0.2) is 52.6 Å². The van der Waals surface area contributed by atoms with Gasteiger partial charge in [-0.15, -0.1) is 11.3 Å². The number of ether oxygens (including phenoxy) is 1. The van der Waals surface area contributed by atoms with Crippen molar-refractivity contribution in [2.45, 2.75) is 25.4 Å². The van der Waals surface area contributed by atoms with Gasteiger partial charge < -0.3 is 9.84 Å². The van der Waals surface area contributed by atoms with Crippen molar-refractivity contribution in [2.24, 2.45) is 0 Å². The number of esters is 1. The number of carbonyl (C=O) groups is 2. The topological polar surface area (TPSA) is 70.1 Å². The minimum atomic E-state index is -0.501. The van der Waals surface area contributed by atoms with E-state index in [0.29, 0.717) is 37.2 Å². The van der Waals surface area contributed by atoms with Crippen molar-refractivity contribution >= 4 is 50.2 Å². The highest BCUT2D eigenvalue weighted by atomic mass is 79.9. The van der Waals surface area contributed by atoms with E-state index in [9.17, 15) is 14.7 Å². The van der Waals surface area contributed by atoms with E-state index >= 15 is 0 Å². The molecule has 0 saturated heterocycles. The van der Waals surface area contributed by atoms with Crippen LogP contribution < -0.4 is 0 Å². The Morgan fingerprint density at radius 2 is 2.10 bits per heavy atom. The lowest BCUT2D eigenvalue weighted by atomic mass is 10.1. The average Bonchev–Trinajstić information content (AvgIpc) is 3.20. The SMILES string of the molecule is COC(=O)c1ccc(CCN2C(=O)SC=CN2CCC(O)Cc2cccc(Br)c2)s1. The first-order chi connectivity index (χ1) is 14.5. The fourth-order valence-corrected chi connectivity index (χ4v) is 5.07. The highest BCUT2D eigenvalue weighted by molar-refractivity contribution is 9.10. The molecule has 9 heteroatoms. The number of carbonyl (C=O) groups excluding carboxylic acids is 2. The summed E-state index contributed by atoms with van der Waals surface area (Å²) in [7, 11) is 1.36. The molecule has 6 nitrogen and oxygen atoms in total. The molecule has 2 aromatic rings. The first-order valence-electron chi connectivity index (χ1n) is 9.47. The van der Waals surface area contributed by atoms with Crippen LogP contribution in [0.15, 0.2) is 52.5 Å². The monoisotopic (exact) mass is 510 g/mol. The van der Waals surface area contributed by atoms with Crippen LogP contribution in [-0.2, 0) is 17.6 Å². The Hall–Kier alpha value is -1.81. The number of amides is 1. The Labute approximate surface area is 192 Å². The second-order valence-corrected chi connectivity index (χ2v) is 9.68. The number of nitrogens with zero attached hydrogens (tertiary/aromatic N) is 2. The maximum atomic E-state index is 12.4. The molecule has 3 rings (SSSR count). The summed E-state index contributed by atoms with van der Waals surface area (Å²) in [4.78, 5) is 25.6. The molecule has 0 bridgehead atoms. The predicted octanol–water partition coefficient (Wildman–Crippen LogP) is 4.69. The lowest BCUT2D eigenvalue weighted by molar-refractivity contribution is 0.0548. The van der Waals surface area contributed by atoms with E-state index < -0.39 is 6.10 Å². The standard InChI is InChI=1S/C21H23BrN2O4S2/c1-28-20(26)19-6-5-18(30-19)8-10-24-21(27)29-12-11-23(24)9-7-17(25)14-15-3-2-4-16(22)13-15/h2-6,11-13,17,25H,7-10,14H2,1H3. The fraction of sp³-hybridized carbons (Fsp3) is 0.333. The Kier molecular flexibility index (Phi) is 8.38. The molecule has 1 aliphatic rings. The minimum Gasteiger partial charge on any atom is -0.465 e. The summed E-state index contributed by atoms with van der Waals surface area (Å²) in [6.07, 6.45) is 3.10. The van der Waals surface area contributed by atoms with E-state index in [4.69, 9.17) is 4.74 Å². The number of aliphatic hydroxyl groups is 1. The zero-order chi connectivity index (χ0) is 21.5. The van der Waals surface area contributed by atoms with Gasteiger partial charge in [-0.25, -0.2) is 9.80 Å². The van der Waals surface area contributed by atoms with Crippen molar-refractivity contribution in [1.82, 2.24) is 10.0 Å². The molecule has 1 aromatic heterocycles. The van der Waals surface area contributed by atoms with Gasteiger partial charge in [0.2, 0.25) is 0 Å². The van der Waals surface area contributed by atoms with Crippen LogP contribution in [0.4, 0.5) is 4.79 Å². The Morgan fingerprint density at radius 3 is 2.87 bits per heavy atom. The smallest absolute Gasteiger partial charge is 0.348 e. The Morgan fingerprint density at radius 1 is 1.27 bits per heavy atom. The molecule has 0 saturated carbocycles. The average molecular weight is 511 g/mol. The van der Waals surface area contributed by atoms with Gasteiger partial charge in [-0.05, 0) is 59.8 Å². The molecular formula is C21H23BrN2O4S2. The summed E-state index contributed by atoms with van der Waals surface area (Å²) in [6, 6.07) is 11.5. The molecule has 1 unspecified atom stereocenters. The largest absolute Gasteiger partial charge is 0.465 e. The van der Waals surface area contributed by atoms with Crippen LogP contribution in [0, 0.1) is 0 Å². The summed E-state index contributed by atoms with van der Waals surface area (Å²) in [5, 5.41) is 15.7. The third-order valence-corrected chi connectivity index (χ3v) is 6.88. The summed E-state index contributed by atoms with van der Waals surface area (Å²) >= 11 is 5.97. The Balaban J connectivity index is 1.54. The van der Waals surface area contributed by atoms with E-state index in [2.05, 4.69) is 15.9 Å². The van der Waals surface area contributed by atoms with Crippen molar-refractivity contribution in [3.8, 4) is 0 Å². The normalized spacial score (nSPS) is 14.8. The quantitative estimate of drug-likeness (QED) is 0.493. The van der Waals surface area contributed by atoms with Gasteiger partial charge in [0.15, 0.2) is 0 Å². The lowest BCUT2D eigenvalue weighted by Crippen LogP contribution is -2.45. The van der Waals surface area contributed by atoms with Crippen molar-refractivity contribution in [2.75, 3.05) is 20.2 Å². The third-order valence-electron chi connectivity index (χ3n) is 4.59. The number of rotatable bonds is 9. The van der Waals surface area contributed by atoms with Crippen LogP contribution in [0.25, 0.3) is 0 Å². The first kappa shape index (κ1) is 22.9. The number of hydrazine groups is 1. The molecular weight excluding hydrogens is 488 g/mol. The zero-order valence-corrected chi connectivity index (χ0v) is 19.7. The van der Waals surface area contributed by atoms with Crippen LogP contribution in [0.2, 0.25) is 0 Å². The summed E-state index contributed by atoms with van der Waals surface area (Å²) in [6.45, 7) is 1.04. The zero-order valence-electron chi connectivity index (χ0n) is 16.5.